The van der Waals surface area contributed by atoms with E-state index < -0.39 is 0 Å². The van der Waals surface area contributed by atoms with Gasteiger partial charge in [-0.05, 0) is 12.8 Å². The molecule has 6 heteroatoms. The predicted molar refractivity (Wildman–Crippen MR) is 136 cm³/mol. The Bertz CT molecular complexity index is 480. The van der Waals surface area contributed by atoms with E-state index in [4.69, 9.17) is 5.73 Å². The first-order valence-corrected chi connectivity index (χ1v) is 13.3. The van der Waals surface area contributed by atoms with E-state index in [-0.39, 0.29) is 5.95 Å². The van der Waals surface area contributed by atoms with Gasteiger partial charge in [-0.25, -0.2) is 0 Å². The van der Waals surface area contributed by atoms with Crippen molar-refractivity contribution >= 4 is 17.8 Å². The molecule has 4 N–H and O–H groups in total. The van der Waals surface area contributed by atoms with E-state index in [1.54, 1.807) is 0 Å². The van der Waals surface area contributed by atoms with E-state index in [0.29, 0.717) is 11.9 Å². The van der Waals surface area contributed by atoms with Crippen LogP contribution in [0.3, 0.4) is 0 Å². The molecule has 0 aromatic carbocycles. The second kappa shape index (κ2) is 20.3. The second-order valence-corrected chi connectivity index (χ2v) is 8.85. The SMILES string of the molecule is CCCCCCCCCCCNc1nc(N)nc(NCCCCCCCCCCC)n1. The summed E-state index contributed by atoms with van der Waals surface area (Å²) in [6.45, 7) is 6.31. The fraction of sp³-hybridized carbons (Fsp3) is 0.880. The number of unbranched alkanes of at least 4 members (excludes halogenated alkanes) is 16. The molecule has 0 amide bonds. The molecule has 0 aliphatic carbocycles. The Morgan fingerprint density at radius 2 is 0.806 bits per heavy atom. The predicted octanol–water partition coefficient (Wildman–Crippen LogP) is 7.34. The lowest BCUT2D eigenvalue weighted by molar-refractivity contribution is 0.568. The molecule has 0 radical (unpaired) electrons. The Kier molecular flexibility index (Phi) is 18.0. The first kappa shape index (κ1) is 27.4. The summed E-state index contributed by atoms with van der Waals surface area (Å²) in [7, 11) is 0. The molecule has 0 aliphatic rings. The zero-order valence-electron chi connectivity index (χ0n) is 20.6. The Balaban J connectivity index is 2.06. The molecule has 1 rings (SSSR count). The number of nitrogens with one attached hydrogen (secondary N) is 2. The van der Waals surface area contributed by atoms with Gasteiger partial charge in [0, 0.05) is 13.1 Å². The maximum absolute atomic E-state index is 5.86. The third-order valence-corrected chi connectivity index (χ3v) is 5.78. The summed E-state index contributed by atoms with van der Waals surface area (Å²) in [5.74, 6) is 1.45. The van der Waals surface area contributed by atoms with Gasteiger partial charge in [-0.15, -0.1) is 0 Å². The standard InChI is InChI=1S/C25H50N6/c1-3-5-7-9-11-13-15-17-19-21-27-24-29-23(26)30-25(31-24)28-22-20-18-16-14-12-10-8-6-4-2/h3-22H2,1-2H3,(H4,26,27,28,29,30,31). The average molecular weight is 435 g/mol. The molecule has 0 spiro atoms. The highest BCUT2D eigenvalue weighted by molar-refractivity contribution is 5.39. The van der Waals surface area contributed by atoms with Crippen LogP contribution in [0.15, 0.2) is 0 Å². The Hall–Kier alpha value is -1.59. The van der Waals surface area contributed by atoms with Crippen molar-refractivity contribution in [2.24, 2.45) is 0 Å². The zero-order chi connectivity index (χ0) is 22.4. The summed E-state index contributed by atoms with van der Waals surface area (Å²) in [6, 6.07) is 0. The molecule has 0 bridgehead atoms. The highest BCUT2D eigenvalue weighted by Crippen LogP contribution is 2.12. The fourth-order valence-electron chi connectivity index (χ4n) is 3.82. The maximum Gasteiger partial charge on any atom is 0.229 e. The van der Waals surface area contributed by atoms with Crippen molar-refractivity contribution in [2.45, 2.75) is 129 Å². The van der Waals surface area contributed by atoms with Crippen LogP contribution in [-0.4, -0.2) is 28.0 Å². The number of nitrogens with zero attached hydrogens (tertiary/aromatic N) is 3. The molecular weight excluding hydrogens is 384 g/mol. The summed E-state index contributed by atoms with van der Waals surface area (Å²) in [6.07, 6.45) is 23.9. The molecule has 0 atom stereocenters. The molecule has 0 unspecified atom stereocenters. The van der Waals surface area contributed by atoms with Crippen molar-refractivity contribution in [3.05, 3.63) is 0 Å². The van der Waals surface area contributed by atoms with Crippen molar-refractivity contribution in [3.8, 4) is 0 Å². The summed E-state index contributed by atoms with van der Waals surface area (Å²) >= 11 is 0. The average Bonchev–Trinajstić information content (AvgIpc) is 2.76. The highest BCUT2D eigenvalue weighted by atomic mass is 15.2. The summed E-state index contributed by atoms with van der Waals surface area (Å²) in [4.78, 5) is 12.9. The normalized spacial score (nSPS) is 11.0. The minimum atomic E-state index is 0.277. The highest BCUT2D eigenvalue weighted by Gasteiger charge is 2.04. The molecule has 1 aromatic rings. The van der Waals surface area contributed by atoms with Crippen molar-refractivity contribution in [3.63, 3.8) is 0 Å². The van der Waals surface area contributed by atoms with E-state index in [1.165, 1.54) is 103 Å². The molecule has 0 saturated carbocycles. The largest absolute Gasteiger partial charge is 0.368 e. The number of nitrogen functional groups attached to an aromatic ring is 1. The van der Waals surface area contributed by atoms with Crippen LogP contribution in [0.5, 0.6) is 0 Å². The van der Waals surface area contributed by atoms with Crippen molar-refractivity contribution < 1.29 is 0 Å². The van der Waals surface area contributed by atoms with Crippen LogP contribution in [0.1, 0.15) is 129 Å². The van der Waals surface area contributed by atoms with Gasteiger partial charge in [0.1, 0.15) is 0 Å². The Morgan fingerprint density at radius 3 is 1.16 bits per heavy atom. The molecule has 0 aliphatic heterocycles. The van der Waals surface area contributed by atoms with Gasteiger partial charge in [0.25, 0.3) is 0 Å². The number of aromatic nitrogens is 3. The van der Waals surface area contributed by atoms with E-state index in [2.05, 4.69) is 39.4 Å². The van der Waals surface area contributed by atoms with Crippen molar-refractivity contribution in [1.82, 2.24) is 15.0 Å². The van der Waals surface area contributed by atoms with Crippen LogP contribution in [0.2, 0.25) is 0 Å². The third kappa shape index (κ3) is 16.7. The van der Waals surface area contributed by atoms with E-state index in [0.717, 1.165) is 25.9 Å². The zero-order valence-corrected chi connectivity index (χ0v) is 20.6. The minimum absolute atomic E-state index is 0.277. The molecular formula is C25H50N6. The summed E-state index contributed by atoms with van der Waals surface area (Å²) in [5, 5.41) is 6.60. The molecule has 0 saturated heterocycles. The second-order valence-electron chi connectivity index (χ2n) is 8.85. The lowest BCUT2D eigenvalue weighted by atomic mass is 10.1. The topological polar surface area (TPSA) is 88.8 Å². The fourth-order valence-corrected chi connectivity index (χ4v) is 3.82. The molecule has 6 nitrogen and oxygen atoms in total. The van der Waals surface area contributed by atoms with E-state index in [9.17, 15) is 0 Å². The van der Waals surface area contributed by atoms with Crippen LogP contribution in [0.25, 0.3) is 0 Å². The van der Waals surface area contributed by atoms with Crippen LogP contribution in [-0.2, 0) is 0 Å². The van der Waals surface area contributed by atoms with Crippen LogP contribution >= 0.6 is 0 Å². The third-order valence-electron chi connectivity index (χ3n) is 5.78. The van der Waals surface area contributed by atoms with Crippen LogP contribution in [0, 0.1) is 0 Å². The first-order chi connectivity index (χ1) is 15.3. The van der Waals surface area contributed by atoms with Gasteiger partial charge >= 0.3 is 0 Å². The van der Waals surface area contributed by atoms with Gasteiger partial charge in [-0.1, -0.05) is 117 Å². The monoisotopic (exact) mass is 434 g/mol. The van der Waals surface area contributed by atoms with E-state index >= 15 is 0 Å². The van der Waals surface area contributed by atoms with E-state index in [1.807, 2.05) is 0 Å². The number of hydrogen-bond donors (Lipinski definition) is 3. The number of anilines is 3. The van der Waals surface area contributed by atoms with Gasteiger partial charge in [-0.2, -0.15) is 15.0 Å². The van der Waals surface area contributed by atoms with Crippen LogP contribution in [0.4, 0.5) is 17.8 Å². The molecule has 0 fully saturated rings. The Labute approximate surface area is 192 Å². The maximum atomic E-state index is 5.86. The van der Waals surface area contributed by atoms with Crippen molar-refractivity contribution in [2.75, 3.05) is 29.5 Å². The lowest BCUT2D eigenvalue weighted by Crippen LogP contribution is -2.12. The number of hydrogen-bond acceptors (Lipinski definition) is 6. The number of nitrogens with two attached hydrogens (primary N) is 1. The first-order valence-electron chi connectivity index (χ1n) is 13.3. The molecule has 31 heavy (non-hydrogen) atoms. The van der Waals surface area contributed by atoms with Crippen LogP contribution < -0.4 is 16.4 Å². The Morgan fingerprint density at radius 1 is 0.484 bits per heavy atom. The van der Waals surface area contributed by atoms with Gasteiger partial charge in [-0.3, -0.25) is 0 Å². The van der Waals surface area contributed by atoms with Gasteiger partial charge < -0.3 is 16.4 Å². The quantitative estimate of drug-likeness (QED) is 0.165. The van der Waals surface area contributed by atoms with Gasteiger partial charge in [0.15, 0.2) is 0 Å². The summed E-state index contributed by atoms with van der Waals surface area (Å²) in [5.41, 5.74) is 5.86. The minimum Gasteiger partial charge on any atom is -0.368 e. The van der Waals surface area contributed by atoms with Crippen molar-refractivity contribution in [1.29, 1.82) is 0 Å². The molecule has 180 valence electrons. The summed E-state index contributed by atoms with van der Waals surface area (Å²) < 4.78 is 0. The molecule has 1 heterocycles. The smallest absolute Gasteiger partial charge is 0.229 e. The van der Waals surface area contributed by atoms with Gasteiger partial charge in [0.2, 0.25) is 17.8 Å². The number of rotatable bonds is 22. The lowest BCUT2D eigenvalue weighted by Gasteiger charge is -2.09. The van der Waals surface area contributed by atoms with Gasteiger partial charge in [0.05, 0.1) is 0 Å². The molecule has 1 aromatic heterocycles.